The van der Waals surface area contributed by atoms with Crippen molar-refractivity contribution in [3.8, 4) is 6.07 Å². The summed E-state index contributed by atoms with van der Waals surface area (Å²) in [6.45, 7) is 2.69. The van der Waals surface area contributed by atoms with E-state index in [-0.39, 0.29) is 48.8 Å². The number of carbonyl (C=O) groups excluding carboxylic acids is 1. The molecule has 0 aliphatic carbocycles. The fourth-order valence-corrected chi connectivity index (χ4v) is 2.29. The zero-order valence-electron chi connectivity index (χ0n) is 13.1. The van der Waals surface area contributed by atoms with Gasteiger partial charge >= 0.3 is 0 Å². The van der Waals surface area contributed by atoms with E-state index in [0.29, 0.717) is 19.0 Å². The maximum absolute atomic E-state index is 12.9. The molecule has 1 saturated heterocycles. The molecule has 2 rings (SSSR count). The Bertz CT molecular complexity index is 607. The van der Waals surface area contributed by atoms with E-state index in [0.717, 1.165) is 18.8 Å². The van der Waals surface area contributed by atoms with E-state index in [1.54, 1.807) is 12.1 Å². The van der Waals surface area contributed by atoms with Crippen molar-refractivity contribution in [1.82, 2.24) is 10.2 Å². The zero-order chi connectivity index (χ0) is 16.7. The van der Waals surface area contributed by atoms with Gasteiger partial charge < -0.3 is 20.9 Å². The van der Waals surface area contributed by atoms with Crippen LogP contribution < -0.4 is 16.0 Å². The van der Waals surface area contributed by atoms with Gasteiger partial charge in [0, 0.05) is 31.9 Å². The molecule has 7 nitrogen and oxygen atoms in total. The third-order valence-corrected chi connectivity index (χ3v) is 3.54. The summed E-state index contributed by atoms with van der Waals surface area (Å²) in [4.78, 5) is 19.5. The van der Waals surface area contributed by atoms with Crippen LogP contribution in [0.2, 0.25) is 0 Å². The van der Waals surface area contributed by atoms with E-state index in [2.05, 4.69) is 15.2 Å². The minimum absolute atomic E-state index is 0. The molecule has 0 radical (unpaired) electrons. The first kappa shape index (κ1) is 20.0. The first-order valence-electron chi connectivity index (χ1n) is 7.29. The van der Waals surface area contributed by atoms with Crippen LogP contribution in [0, 0.1) is 17.1 Å². The second-order valence-electron chi connectivity index (χ2n) is 5.06. The smallest absolute Gasteiger partial charge is 0.242 e. The van der Waals surface area contributed by atoms with E-state index in [4.69, 9.17) is 11.0 Å². The molecule has 0 saturated carbocycles. The van der Waals surface area contributed by atoms with Crippen molar-refractivity contribution in [3.05, 3.63) is 30.1 Å². The topological polar surface area (TPSA) is 97.7 Å². The molecule has 1 aliphatic rings. The number of carbonyl (C=O) groups is 1. The number of nitriles is 1. The number of benzene rings is 1. The molecule has 1 aromatic rings. The highest BCUT2D eigenvalue weighted by atomic mass is 127. The van der Waals surface area contributed by atoms with Gasteiger partial charge in [-0.15, -0.1) is 24.0 Å². The molecule has 0 unspecified atom stereocenters. The molecule has 1 fully saturated rings. The molecule has 0 atom stereocenters. The van der Waals surface area contributed by atoms with E-state index >= 15 is 0 Å². The summed E-state index contributed by atoms with van der Waals surface area (Å²) in [6.07, 6.45) is 0. The first-order valence-corrected chi connectivity index (χ1v) is 7.29. The highest BCUT2D eigenvalue weighted by Crippen LogP contribution is 2.16. The van der Waals surface area contributed by atoms with Crippen LogP contribution in [-0.2, 0) is 4.79 Å². The minimum atomic E-state index is -0.334. The molecular formula is C15H20FIN6O. The number of amides is 1. The normalized spacial score (nSPS) is 14.6. The van der Waals surface area contributed by atoms with E-state index < -0.39 is 0 Å². The first-order chi connectivity index (χ1) is 11.1. The Morgan fingerprint density at radius 2 is 1.92 bits per heavy atom. The highest BCUT2D eigenvalue weighted by molar-refractivity contribution is 14.0. The molecule has 1 amide bonds. The number of halogens is 2. The van der Waals surface area contributed by atoms with Crippen LogP contribution in [0.1, 0.15) is 0 Å². The molecule has 130 valence electrons. The van der Waals surface area contributed by atoms with Crippen molar-refractivity contribution in [2.75, 3.05) is 44.2 Å². The van der Waals surface area contributed by atoms with Crippen LogP contribution >= 0.6 is 24.0 Å². The Hall–Kier alpha value is -2.09. The SMILES string of the molecule is I.N#CCNC(=O)CN=C(N)N1CCN(c2ccc(F)cc2)CC1. The summed E-state index contributed by atoms with van der Waals surface area (Å²) in [6, 6.07) is 8.21. The lowest BCUT2D eigenvalue weighted by atomic mass is 10.2. The number of piperazine rings is 1. The van der Waals surface area contributed by atoms with Crippen LogP contribution in [0.3, 0.4) is 0 Å². The Labute approximate surface area is 157 Å². The second-order valence-corrected chi connectivity index (χ2v) is 5.06. The lowest BCUT2D eigenvalue weighted by molar-refractivity contribution is -0.119. The quantitative estimate of drug-likeness (QED) is 0.304. The van der Waals surface area contributed by atoms with Crippen molar-refractivity contribution in [1.29, 1.82) is 5.26 Å². The van der Waals surface area contributed by atoms with Crippen LogP contribution in [0.4, 0.5) is 10.1 Å². The summed E-state index contributed by atoms with van der Waals surface area (Å²) < 4.78 is 12.9. The molecule has 0 spiro atoms. The van der Waals surface area contributed by atoms with E-state index in [1.165, 1.54) is 12.1 Å². The van der Waals surface area contributed by atoms with Crippen molar-refractivity contribution < 1.29 is 9.18 Å². The number of nitrogens with one attached hydrogen (secondary N) is 1. The second kappa shape index (κ2) is 9.92. The van der Waals surface area contributed by atoms with Gasteiger partial charge in [-0.05, 0) is 24.3 Å². The van der Waals surface area contributed by atoms with Crippen LogP contribution in [0.15, 0.2) is 29.3 Å². The molecule has 1 aromatic carbocycles. The number of aliphatic imine (C=N–C) groups is 1. The summed E-state index contributed by atoms with van der Waals surface area (Å²) >= 11 is 0. The predicted octanol–water partition coefficient (Wildman–Crippen LogP) is 0.520. The van der Waals surface area contributed by atoms with Gasteiger partial charge in [-0.3, -0.25) is 4.79 Å². The standard InChI is InChI=1S/C15H19FN6O.HI/c16-12-1-3-13(4-2-12)21-7-9-22(10-8-21)15(18)20-11-14(23)19-6-5-17;/h1-4H,6-11H2,(H2,18,20)(H,19,23);1H. The lowest BCUT2D eigenvalue weighted by Crippen LogP contribution is -2.51. The molecule has 24 heavy (non-hydrogen) atoms. The Kier molecular flexibility index (Phi) is 8.25. The van der Waals surface area contributed by atoms with Gasteiger partial charge in [0.1, 0.15) is 18.9 Å². The number of guanidine groups is 1. The van der Waals surface area contributed by atoms with Gasteiger partial charge in [0.2, 0.25) is 5.91 Å². The van der Waals surface area contributed by atoms with Gasteiger partial charge in [-0.2, -0.15) is 5.26 Å². The fourth-order valence-electron chi connectivity index (χ4n) is 2.29. The Morgan fingerprint density at radius 3 is 2.50 bits per heavy atom. The van der Waals surface area contributed by atoms with Crippen LogP contribution in [0.5, 0.6) is 0 Å². The summed E-state index contributed by atoms with van der Waals surface area (Å²) in [5.41, 5.74) is 6.86. The number of nitrogens with two attached hydrogens (primary N) is 1. The van der Waals surface area contributed by atoms with Crippen molar-refractivity contribution in [2.24, 2.45) is 10.7 Å². The lowest BCUT2D eigenvalue weighted by Gasteiger charge is -2.36. The van der Waals surface area contributed by atoms with Crippen molar-refractivity contribution in [3.63, 3.8) is 0 Å². The predicted molar refractivity (Wildman–Crippen MR) is 101 cm³/mol. The molecular weight excluding hydrogens is 426 g/mol. The van der Waals surface area contributed by atoms with Crippen molar-refractivity contribution in [2.45, 2.75) is 0 Å². The van der Waals surface area contributed by atoms with Crippen LogP contribution in [0.25, 0.3) is 0 Å². The molecule has 1 heterocycles. The van der Waals surface area contributed by atoms with E-state index in [1.807, 2.05) is 11.0 Å². The fraction of sp³-hybridized carbons (Fsp3) is 0.400. The molecule has 1 aliphatic heterocycles. The highest BCUT2D eigenvalue weighted by Gasteiger charge is 2.18. The number of anilines is 1. The van der Waals surface area contributed by atoms with Gasteiger partial charge in [0.15, 0.2) is 5.96 Å². The summed E-state index contributed by atoms with van der Waals surface area (Å²) in [5, 5.41) is 10.8. The summed E-state index contributed by atoms with van der Waals surface area (Å²) in [7, 11) is 0. The summed E-state index contributed by atoms with van der Waals surface area (Å²) in [5.74, 6) is -0.270. The van der Waals surface area contributed by atoms with Crippen molar-refractivity contribution >= 4 is 41.5 Å². The third kappa shape index (κ3) is 5.84. The average Bonchev–Trinajstić information content (AvgIpc) is 2.58. The molecule has 9 heteroatoms. The maximum atomic E-state index is 12.9. The number of hydrogen-bond donors (Lipinski definition) is 2. The average molecular weight is 446 g/mol. The monoisotopic (exact) mass is 446 g/mol. The van der Waals surface area contributed by atoms with Gasteiger partial charge in [0.25, 0.3) is 0 Å². The molecule has 0 aromatic heterocycles. The number of nitrogens with zero attached hydrogens (tertiary/aromatic N) is 4. The van der Waals surface area contributed by atoms with E-state index in [9.17, 15) is 9.18 Å². The zero-order valence-corrected chi connectivity index (χ0v) is 15.4. The number of rotatable bonds is 4. The molecule has 0 bridgehead atoms. The Morgan fingerprint density at radius 1 is 1.29 bits per heavy atom. The van der Waals surface area contributed by atoms with Gasteiger partial charge in [-0.25, -0.2) is 9.38 Å². The minimum Gasteiger partial charge on any atom is -0.370 e. The van der Waals surface area contributed by atoms with Gasteiger partial charge in [0.05, 0.1) is 6.07 Å². The largest absolute Gasteiger partial charge is 0.370 e. The number of hydrogen-bond acceptors (Lipinski definition) is 4. The Balaban J connectivity index is 0.00000288. The maximum Gasteiger partial charge on any atom is 0.242 e. The van der Waals surface area contributed by atoms with Gasteiger partial charge in [-0.1, -0.05) is 0 Å². The third-order valence-electron chi connectivity index (χ3n) is 3.54. The molecule has 3 N–H and O–H groups in total. The van der Waals surface area contributed by atoms with Crippen LogP contribution in [-0.4, -0.2) is 56.0 Å².